The molecule has 1 aromatic carbocycles. The summed E-state index contributed by atoms with van der Waals surface area (Å²) in [6, 6.07) is 10.6. The van der Waals surface area contributed by atoms with E-state index in [1.807, 2.05) is 18.2 Å². The first-order chi connectivity index (χ1) is 8.70. The van der Waals surface area contributed by atoms with Crippen molar-refractivity contribution in [3.8, 4) is 6.07 Å². The normalized spacial score (nSPS) is 16.6. The van der Waals surface area contributed by atoms with E-state index >= 15 is 0 Å². The van der Waals surface area contributed by atoms with E-state index in [9.17, 15) is 0 Å². The number of nitriles is 1. The summed E-state index contributed by atoms with van der Waals surface area (Å²) in [5.41, 5.74) is 1.92. The third-order valence-electron chi connectivity index (χ3n) is 3.57. The topological polar surface area (TPSA) is 39.1 Å². The highest BCUT2D eigenvalue weighted by molar-refractivity contribution is 5.32. The predicted molar refractivity (Wildman–Crippen MR) is 73.1 cm³/mol. The second kappa shape index (κ2) is 5.99. The van der Waals surface area contributed by atoms with Crippen LogP contribution in [0.25, 0.3) is 0 Å². The molecule has 1 atom stereocenters. The van der Waals surface area contributed by atoms with Crippen LogP contribution in [0.4, 0.5) is 0 Å². The molecule has 1 unspecified atom stereocenters. The van der Waals surface area contributed by atoms with E-state index in [1.165, 1.54) is 18.4 Å². The largest absolute Gasteiger partial charge is 0.311 e. The van der Waals surface area contributed by atoms with E-state index in [0.29, 0.717) is 6.04 Å². The minimum Gasteiger partial charge on any atom is -0.311 e. The van der Waals surface area contributed by atoms with Gasteiger partial charge in [0.25, 0.3) is 0 Å². The number of rotatable bonds is 6. The van der Waals surface area contributed by atoms with Crippen molar-refractivity contribution in [1.82, 2.24) is 10.2 Å². The Kier molecular flexibility index (Phi) is 4.35. The molecule has 1 aliphatic carbocycles. The van der Waals surface area contributed by atoms with Crippen molar-refractivity contribution in [3.63, 3.8) is 0 Å². The van der Waals surface area contributed by atoms with Crippen LogP contribution >= 0.6 is 0 Å². The van der Waals surface area contributed by atoms with Gasteiger partial charge in [-0.2, -0.15) is 5.26 Å². The molecule has 0 spiro atoms. The quantitative estimate of drug-likeness (QED) is 0.830. The zero-order chi connectivity index (χ0) is 13.0. The Morgan fingerprint density at radius 3 is 2.83 bits per heavy atom. The van der Waals surface area contributed by atoms with Crippen molar-refractivity contribution in [2.45, 2.75) is 25.4 Å². The average molecular weight is 243 g/mol. The van der Waals surface area contributed by atoms with Crippen molar-refractivity contribution >= 4 is 0 Å². The number of hydrogen-bond donors (Lipinski definition) is 1. The standard InChI is InChI=1S/C15H21N3/c1-18(2)15(14-6-7-14)11-17-10-13-5-3-4-12(8-13)9-16/h3-5,8,14-15,17H,6-7,10-11H2,1-2H3. The zero-order valence-corrected chi connectivity index (χ0v) is 11.2. The lowest BCUT2D eigenvalue weighted by Crippen LogP contribution is -2.39. The smallest absolute Gasteiger partial charge is 0.0991 e. The van der Waals surface area contributed by atoms with Gasteiger partial charge in [-0.1, -0.05) is 12.1 Å². The van der Waals surface area contributed by atoms with Crippen LogP contribution in [0.2, 0.25) is 0 Å². The second-order valence-electron chi connectivity index (χ2n) is 5.31. The van der Waals surface area contributed by atoms with Gasteiger partial charge in [-0.15, -0.1) is 0 Å². The zero-order valence-electron chi connectivity index (χ0n) is 11.2. The summed E-state index contributed by atoms with van der Waals surface area (Å²) in [7, 11) is 4.31. The lowest BCUT2D eigenvalue weighted by Gasteiger charge is -2.24. The molecule has 18 heavy (non-hydrogen) atoms. The van der Waals surface area contributed by atoms with Crippen LogP contribution in [0.3, 0.4) is 0 Å². The summed E-state index contributed by atoms with van der Waals surface area (Å²) in [4.78, 5) is 2.32. The summed E-state index contributed by atoms with van der Waals surface area (Å²) in [6.45, 7) is 1.86. The fourth-order valence-electron chi connectivity index (χ4n) is 2.37. The fourth-order valence-corrected chi connectivity index (χ4v) is 2.37. The van der Waals surface area contributed by atoms with Gasteiger partial charge < -0.3 is 10.2 Å². The molecular weight excluding hydrogens is 222 g/mol. The maximum atomic E-state index is 8.85. The SMILES string of the molecule is CN(C)C(CNCc1cccc(C#N)c1)C1CC1. The molecule has 0 aliphatic heterocycles. The Morgan fingerprint density at radius 2 is 2.22 bits per heavy atom. The van der Waals surface area contributed by atoms with Gasteiger partial charge >= 0.3 is 0 Å². The van der Waals surface area contributed by atoms with E-state index in [1.54, 1.807) is 0 Å². The van der Waals surface area contributed by atoms with Gasteiger partial charge in [-0.25, -0.2) is 0 Å². The molecule has 1 aliphatic rings. The average Bonchev–Trinajstić information content (AvgIpc) is 3.18. The lowest BCUT2D eigenvalue weighted by atomic mass is 10.1. The highest BCUT2D eigenvalue weighted by Gasteiger charge is 2.31. The fraction of sp³-hybridized carbons (Fsp3) is 0.533. The number of hydrogen-bond acceptors (Lipinski definition) is 3. The Labute approximate surface area is 109 Å². The van der Waals surface area contributed by atoms with Crippen LogP contribution in [0.5, 0.6) is 0 Å². The van der Waals surface area contributed by atoms with Gasteiger partial charge in [0, 0.05) is 19.1 Å². The molecule has 2 rings (SSSR count). The van der Waals surface area contributed by atoms with Crippen molar-refractivity contribution < 1.29 is 0 Å². The summed E-state index contributed by atoms with van der Waals surface area (Å²) < 4.78 is 0. The summed E-state index contributed by atoms with van der Waals surface area (Å²) in [5, 5.41) is 12.4. The van der Waals surface area contributed by atoms with E-state index in [-0.39, 0.29) is 0 Å². The molecule has 1 fully saturated rings. The molecular formula is C15H21N3. The van der Waals surface area contributed by atoms with Crippen molar-refractivity contribution in [2.24, 2.45) is 5.92 Å². The maximum absolute atomic E-state index is 8.85. The Hall–Kier alpha value is -1.37. The van der Waals surface area contributed by atoms with Crippen LogP contribution in [-0.2, 0) is 6.54 Å². The third-order valence-corrected chi connectivity index (χ3v) is 3.57. The Balaban J connectivity index is 1.82. The van der Waals surface area contributed by atoms with Gasteiger partial charge in [0.2, 0.25) is 0 Å². The number of nitrogens with one attached hydrogen (secondary N) is 1. The third kappa shape index (κ3) is 3.56. The molecule has 1 aromatic rings. The van der Waals surface area contributed by atoms with Crippen LogP contribution < -0.4 is 5.32 Å². The molecule has 0 radical (unpaired) electrons. The molecule has 0 bridgehead atoms. The van der Waals surface area contributed by atoms with Gasteiger partial charge in [0.1, 0.15) is 0 Å². The first-order valence-corrected chi connectivity index (χ1v) is 6.57. The van der Waals surface area contributed by atoms with Crippen LogP contribution in [0.1, 0.15) is 24.0 Å². The van der Waals surface area contributed by atoms with Crippen molar-refractivity contribution in [2.75, 3.05) is 20.6 Å². The second-order valence-corrected chi connectivity index (χ2v) is 5.31. The van der Waals surface area contributed by atoms with Crippen LogP contribution in [0.15, 0.2) is 24.3 Å². The number of nitrogens with zero attached hydrogens (tertiary/aromatic N) is 2. The summed E-state index contributed by atoms with van der Waals surface area (Å²) in [6.07, 6.45) is 2.74. The van der Waals surface area contributed by atoms with Gasteiger partial charge in [0.05, 0.1) is 11.6 Å². The highest BCUT2D eigenvalue weighted by Crippen LogP contribution is 2.34. The first-order valence-electron chi connectivity index (χ1n) is 6.57. The Bertz CT molecular complexity index is 428. The van der Waals surface area contributed by atoms with Crippen molar-refractivity contribution in [3.05, 3.63) is 35.4 Å². The molecule has 3 nitrogen and oxygen atoms in total. The number of likely N-dealkylation sites (N-methyl/N-ethyl adjacent to an activating group) is 1. The highest BCUT2D eigenvalue weighted by atomic mass is 15.1. The van der Waals surface area contributed by atoms with Gasteiger partial charge in [-0.3, -0.25) is 0 Å². The molecule has 0 saturated heterocycles. The van der Waals surface area contributed by atoms with E-state index in [0.717, 1.165) is 24.6 Å². The Morgan fingerprint density at radius 1 is 1.44 bits per heavy atom. The lowest BCUT2D eigenvalue weighted by molar-refractivity contribution is 0.255. The van der Waals surface area contributed by atoms with E-state index in [4.69, 9.17) is 5.26 Å². The molecule has 1 N–H and O–H groups in total. The first kappa shape index (κ1) is 13.1. The van der Waals surface area contributed by atoms with E-state index < -0.39 is 0 Å². The molecule has 0 amide bonds. The minimum absolute atomic E-state index is 0.643. The monoisotopic (exact) mass is 243 g/mol. The van der Waals surface area contributed by atoms with Gasteiger partial charge in [0.15, 0.2) is 0 Å². The van der Waals surface area contributed by atoms with Crippen molar-refractivity contribution in [1.29, 1.82) is 5.26 Å². The molecule has 96 valence electrons. The summed E-state index contributed by atoms with van der Waals surface area (Å²) in [5.74, 6) is 0.873. The summed E-state index contributed by atoms with van der Waals surface area (Å²) >= 11 is 0. The molecule has 3 heteroatoms. The predicted octanol–water partition coefficient (Wildman–Crippen LogP) is 1.99. The van der Waals surface area contributed by atoms with Crippen LogP contribution in [0, 0.1) is 17.2 Å². The molecule has 1 saturated carbocycles. The van der Waals surface area contributed by atoms with Crippen LogP contribution in [-0.4, -0.2) is 31.6 Å². The van der Waals surface area contributed by atoms with Gasteiger partial charge in [-0.05, 0) is 50.6 Å². The number of benzene rings is 1. The minimum atomic E-state index is 0.643. The maximum Gasteiger partial charge on any atom is 0.0991 e. The molecule has 0 aromatic heterocycles. The molecule has 0 heterocycles. The van der Waals surface area contributed by atoms with E-state index in [2.05, 4.69) is 36.4 Å².